The molecule has 0 atom stereocenters. The Balaban J connectivity index is 2.18. The summed E-state index contributed by atoms with van der Waals surface area (Å²) in [7, 11) is 0. The molecule has 18 heavy (non-hydrogen) atoms. The van der Waals surface area contributed by atoms with Crippen LogP contribution in [0.4, 0.5) is 0 Å². The molecule has 0 bridgehead atoms. The van der Waals surface area contributed by atoms with E-state index in [9.17, 15) is 0 Å². The highest BCUT2D eigenvalue weighted by molar-refractivity contribution is 9.10. The minimum absolute atomic E-state index is 0.946. The van der Waals surface area contributed by atoms with Gasteiger partial charge in [-0.25, -0.2) is 4.98 Å². The molecule has 0 aliphatic rings. The number of hydrogen-bond acceptors (Lipinski definition) is 4. The summed E-state index contributed by atoms with van der Waals surface area (Å²) in [4.78, 5) is 7.39. The van der Waals surface area contributed by atoms with Gasteiger partial charge in [0.05, 0.1) is 10.6 Å². The summed E-state index contributed by atoms with van der Waals surface area (Å²) < 4.78 is 1.14. The van der Waals surface area contributed by atoms with Crippen molar-refractivity contribution >= 4 is 38.6 Å². The van der Waals surface area contributed by atoms with Gasteiger partial charge in [0.25, 0.3) is 0 Å². The van der Waals surface area contributed by atoms with Gasteiger partial charge in [0, 0.05) is 21.3 Å². The van der Waals surface area contributed by atoms with Gasteiger partial charge in [-0.15, -0.1) is 22.7 Å². The maximum atomic E-state index is 4.76. The Labute approximate surface area is 125 Å². The zero-order valence-corrected chi connectivity index (χ0v) is 13.8. The van der Waals surface area contributed by atoms with Gasteiger partial charge in [0.1, 0.15) is 5.01 Å². The standard InChI is InChI=1S/C13H17BrN2S2/c1-3-5-15-7-12-10(4-2)16-13(18-12)11-6-9(14)8-17-11/h6,8,15H,3-5,7H2,1-2H3. The van der Waals surface area contributed by atoms with E-state index >= 15 is 0 Å². The molecule has 5 heteroatoms. The molecular formula is C13H17BrN2S2. The van der Waals surface area contributed by atoms with E-state index in [2.05, 4.69) is 46.5 Å². The lowest BCUT2D eigenvalue weighted by Crippen LogP contribution is -2.13. The van der Waals surface area contributed by atoms with E-state index in [0.717, 1.165) is 29.0 Å². The average molecular weight is 345 g/mol. The number of rotatable bonds is 6. The zero-order chi connectivity index (χ0) is 13.0. The summed E-state index contributed by atoms with van der Waals surface area (Å²) in [5.41, 5.74) is 1.24. The molecule has 2 aromatic rings. The number of thiazole rings is 1. The number of nitrogens with zero attached hydrogens (tertiary/aromatic N) is 1. The number of thiophene rings is 1. The van der Waals surface area contributed by atoms with Crippen LogP contribution < -0.4 is 5.32 Å². The molecule has 2 aromatic heterocycles. The van der Waals surface area contributed by atoms with Crippen LogP contribution in [0.2, 0.25) is 0 Å². The SMILES string of the molecule is CCCNCc1sc(-c2cc(Br)cs2)nc1CC. The molecule has 0 spiro atoms. The highest BCUT2D eigenvalue weighted by Gasteiger charge is 2.12. The van der Waals surface area contributed by atoms with Crippen LogP contribution in [0.1, 0.15) is 30.8 Å². The molecule has 0 aliphatic heterocycles. The Kier molecular flexibility index (Phi) is 5.36. The molecular weight excluding hydrogens is 328 g/mol. The van der Waals surface area contributed by atoms with Gasteiger partial charge in [0.2, 0.25) is 0 Å². The van der Waals surface area contributed by atoms with Crippen LogP contribution in [-0.4, -0.2) is 11.5 Å². The third-order valence-electron chi connectivity index (χ3n) is 2.60. The lowest BCUT2D eigenvalue weighted by atomic mass is 10.3. The number of aryl methyl sites for hydroxylation is 1. The normalized spacial score (nSPS) is 11.1. The Hall–Kier alpha value is -0.230. The van der Waals surface area contributed by atoms with Gasteiger partial charge in [-0.05, 0) is 41.4 Å². The van der Waals surface area contributed by atoms with Gasteiger partial charge < -0.3 is 5.32 Å². The third-order valence-corrected chi connectivity index (χ3v) is 5.56. The van der Waals surface area contributed by atoms with Gasteiger partial charge >= 0.3 is 0 Å². The van der Waals surface area contributed by atoms with Crippen LogP contribution in [0, 0.1) is 0 Å². The Morgan fingerprint density at radius 2 is 2.22 bits per heavy atom. The van der Waals surface area contributed by atoms with E-state index in [4.69, 9.17) is 4.98 Å². The molecule has 2 heterocycles. The summed E-state index contributed by atoms with van der Waals surface area (Å²) in [6.45, 7) is 6.38. The topological polar surface area (TPSA) is 24.9 Å². The van der Waals surface area contributed by atoms with Crippen LogP contribution in [-0.2, 0) is 13.0 Å². The van der Waals surface area contributed by atoms with Crippen LogP contribution >= 0.6 is 38.6 Å². The predicted molar refractivity (Wildman–Crippen MR) is 84.5 cm³/mol. The first kappa shape index (κ1) is 14.2. The molecule has 0 amide bonds. The quantitative estimate of drug-likeness (QED) is 0.768. The maximum absolute atomic E-state index is 4.76. The minimum Gasteiger partial charge on any atom is -0.312 e. The van der Waals surface area contributed by atoms with E-state index in [1.165, 1.54) is 21.9 Å². The first-order chi connectivity index (χ1) is 8.74. The van der Waals surface area contributed by atoms with Crippen molar-refractivity contribution in [3.05, 3.63) is 26.5 Å². The Morgan fingerprint density at radius 3 is 2.83 bits per heavy atom. The molecule has 98 valence electrons. The highest BCUT2D eigenvalue weighted by Crippen LogP contribution is 2.34. The Bertz CT molecular complexity index is 505. The van der Waals surface area contributed by atoms with Crippen LogP contribution in [0.3, 0.4) is 0 Å². The fourth-order valence-corrected chi connectivity index (χ4v) is 4.32. The second kappa shape index (κ2) is 6.80. The summed E-state index contributed by atoms with van der Waals surface area (Å²) in [5.74, 6) is 0. The van der Waals surface area contributed by atoms with Crippen LogP contribution in [0.15, 0.2) is 15.9 Å². The lowest BCUT2D eigenvalue weighted by Gasteiger charge is -2.01. The van der Waals surface area contributed by atoms with Crippen LogP contribution in [0.5, 0.6) is 0 Å². The second-order valence-corrected chi connectivity index (χ2v) is 6.96. The van der Waals surface area contributed by atoms with Gasteiger partial charge in [-0.2, -0.15) is 0 Å². The second-order valence-electron chi connectivity index (χ2n) is 4.05. The fourth-order valence-electron chi connectivity index (χ4n) is 1.71. The number of nitrogens with one attached hydrogen (secondary N) is 1. The Morgan fingerprint density at radius 1 is 1.39 bits per heavy atom. The minimum atomic E-state index is 0.946. The molecule has 2 rings (SSSR count). The third kappa shape index (κ3) is 3.41. The molecule has 0 radical (unpaired) electrons. The maximum Gasteiger partial charge on any atom is 0.133 e. The number of hydrogen-bond donors (Lipinski definition) is 1. The highest BCUT2D eigenvalue weighted by atomic mass is 79.9. The smallest absolute Gasteiger partial charge is 0.133 e. The molecule has 1 N–H and O–H groups in total. The monoisotopic (exact) mass is 344 g/mol. The van der Waals surface area contributed by atoms with E-state index in [-0.39, 0.29) is 0 Å². The molecule has 0 aromatic carbocycles. The van der Waals surface area contributed by atoms with Gasteiger partial charge in [0.15, 0.2) is 0 Å². The molecule has 0 unspecified atom stereocenters. The summed E-state index contributed by atoms with van der Waals surface area (Å²) >= 11 is 7.06. The van der Waals surface area contributed by atoms with Crippen molar-refractivity contribution < 1.29 is 0 Å². The van der Waals surface area contributed by atoms with E-state index in [0.29, 0.717) is 0 Å². The van der Waals surface area contributed by atoms with Crippen molar-refractivity contribution in [1.29, 1.82) is 0 Å². The largest absolute Gasteiger partial charge is 0.312 e. The summed E-state index contributed by atoms with van der Waals surface area (Å²) in [5, 5.41) is 6.72. The van der Waals surface area contributed by atoms with Crippen LogP contribution in [0.25, 0.3) is 9.88 Å². The van der Waals surface area contributed by atoms with Crippen molar-refractivity contribution in [2.45, 2.75) is 33.2 Å². The molecule has 2 nitrogen and oxygen atoms in total. The molecule has 0 fully saturated rings. The fraction of sp³-hybridized carbons (Fsp3) is 0.462. The lowest BCUT2D eigenvalue weighted by molar-refractivity contribution is 0.677. The van der Waals surface area contributed by atoms with Crippen molar-refractivity contribution in [2.75, 3.05) is 6.54 Å². The van der Waals surface area contributed by atoms with Crippen molar-refractivity contribution in [1.82, 2.24) is 10.3 Å². The molecule has 0 saturated heterocycles. The number of aromatic nitrogens is 1. The first-order valence-corrected chi connectivity index (χ1v) is 8.67. The van der Waals surface area contributed by atoms with E-state index in [1.54, 1.807) is 11.3 Å². The first-order valence-electron chi connectivity index (χ1n) is 6.18. The zero-order valence-electron chi connectivity index (χ0n) is 10.6. The number of halogens is 1. The summed E-state index contributed by atoms with van der Waals surface area (Å²) in [6, 6.07) is 2.15. The van der Waals surface area contributed by atoms with E-state index in [1.807, 2.05) is 11.3 Å². The van der Waals surface area contributed by atoms with Gasteiger partial charge in [-0.3, -0.25) is 0 Å². The van der Waals surface area contributed by atoms with Gasteiger partial charge in [-0.1, -0.05) is 13.8 Å². The van der Waals surface area contributed by atoms with E-state index < -0.39 is 0 Å². The van der Waals surface area contributed by atoms with Crippen molar-refractivity contribution in [3.63, 3.8) is 0 Å². The average Bonchev–Trinajstić information content (AvgIpc) is 2.95. The predicted octanol–water partition coefficient (Wildman–Crippen LogP) is 4.70. The van der Waals surface area contributed by atoms with Crippen molar-refractivity contribution in [2.24, 2.45) is 0 Å². The molecule has 0 saturated carbocycles. The molecule has 0 aliphatic carbocycles. The van der Waals surface area contributed by atoms with Crippen molar-refractivity contribution in [3.8, 4) is 9.88 Å². The summed E-state index contributed by atoms with van der Waals surface area (Å²) in [6.07, 6.45) is 2.18.